The van der Waals surface area contributed by atoms with Crippen LogP contribution in [0.25, 0.3) is 0 Å². The minimum Gasteiger partial charge on any atom is -0.547 e. The van der Waals surface area contributed by atoms with Gasteiger partial charge in [0, 0.05) is 0 Å². The number of halogens is 6. The molecule has 0 bridgehead atoms. The van der Waals surface area contributed by atoms with Crippen molar-refractivity contribution < 1.29 is 19.8 Å². The summed E-state index contributed by atoms with van der Waals surface area (Å²) in [5, 5.41) is 19.8. The van der Waals surface area contributed by atoms with Gasteiger partial charge in [-0.3, -0.25) is 0 Å². The van der Waals surface area contributed by atoms with Gasteiger partial charge in [0.05, 0.1) is 11.9 Å². The van der Waals surface area contributed by atoms with Gasteiger partial charge >= 0.3 is 45.5 Å². The van der Waals surface area contributed by atoms with Gasteiger partial charge in [0.15, 0.2) is -1.13 Å². The van der Waals surface area contributed by atoms with Crippen molar-refractivity contribution in [2.45, 2.75) is -1.13 Å². The monoisotopic (exact) mass is 961 g/mol. The van der Waals surface area contributed by atoms with E-state index in [9.17, 15) is 19.8 Å². The van der Waals surface area contributed by atoms with E-state index in [1.165, 1.54) is 0 Å². The van der Waals surface area contributed by atoms with E-state index in [1.54, 1.807) is 136 Å². The van der Waals surface area contributed by atoms with Crippen LogP contribution in [0.1, 0.15) is 0 Å². The topological polar surface area (TPSA) is 80.3 Å². The van der Waals surface area contributed by atoms with Crippen molar-refractivity contribution in [2.75, 3.05) is 0 Å². The van der Waals surface area contributed by atoms with Gasteiger partial charge in [-0.15, -0.1) is 0 Å². The third kappa shape index (κ3) is 18.8. The number of carbonyl (C=O) groups excluding carboxylic acids is 2. The van der Waals surface area contributed by atoms with Crippen LogP contribution in [-0.2, 0) is 9.59 Å². The normalized spacial score (nSPS) is 10.5. The van der Waals surface area contributed by atoms with Crippen molar-refractivity contribution >= 4 is 193 Å². The van der Waals surface area contributed by atoms with Crippen LogP contribution >= 0.6 is 136 Å². The van der Waals surface area contributed by atoms with E-state index >= 15 is 0 Å². The smallest absolute Gasteiger partial charge is 0.547 e. The minimum absolute atomic E-state index is 0. The molecule has 0 aliphatic carbocycles. The van der Waals surface area contributed by atoms with E-state index in [0.717, 1.165) is 0 Å². The molecular formula is C4I6O4Sr. The van der Waals surface area contributed by atoms with Crippen molar-refractivity contribution in [1.29, 1.82) is 0 Å². The van der Waals surface area contributed by atoms with Gasteiger partial charge in [0.1, 0.15) is 0 Å². The first-order valence-electron chi connectivity index (χ1n) is 2.45. The molecule has 0 heterocycles. The van der Waals surface area contributed by atoms with Crippen molar-refractivity contribution in [1.82, 2.24) is 0 Å². The minimum atomic E-state index is -1.05. The first kappa shape index (κ1) is 24.8. The van der Waals surface area contributed by atoms with Crippen molar-refractivity contribution in [3.05, 3.63) is 0 Å². The van der Waals surface area contributed by atoms with Gasteiger partial charge in [-0.1, -0.05) is 0 Å². The van der Waals surface area contributed by atoms with E-state index < -0.39 is 10.8 Å². The molecule has 0 unspecified atom stereocenters. The average Bonchev–Trinajstić information content (AvgIpc) is 1.83. The molecule has 0 amide bonds. The summed E-state index contributed by atoms with van der Waals surface area (Å²) in [6.07, 6.45) is 0. The molecule has 0 radical (unpaired) electrons. The predicted molar refractivity (Wildman–Crippen MR) is 105 cm³/mol. The van der Waals surface area contributed by atoms with Crippen molar-refractivity contribution in [3.8, 4) is 0 Å². The third-order valence-electron chi connectivity index (χ3n) is 0.463. The Hall–Kier alpha value is 4.80. The fourth-order valence-corrected chi connectivity index (χ4v) is 0. The third-order valence-corrected chi connectivity index (χ3v) is 3.11. The van der Waals surface area contributed by atoms with Gasteiger partial charge < -0.3 is 19.8 Å². The van der Waals surface area contributed by atoms with Crippen LogP contribution in [-0.4, -0.2) is 56.3 Å². The molecule has 0 saturated heterocycles. The summed E-state index contributed by atoms with van der Waals surface area (Å²) in [6.45, 7) is 0. The van der Waals surface area contributed by atoms with Crippen LogP contribution in [0.3, 0.4) is 0 Å². The maximum Gasteiger partial charge on any atom is 2.00 e. The number of rotatable bonds is 2. The van der Waals surface area contributed by atoms with Crippen LogP contribution in [0.5, 0.6) is 0 Å². The van der Waals surface area contributed by atoms with E-state index in [4.69, 9.17) is 0 Å². The number of carboxylic acids is 2. The average molecular weight is 961 g/mol. The first-order valence-corrected chi connectivity index (χ1v) is 8.92. The molecule has 0 atom stereocenters. The molecular weight excluding hydrogens is 961 g/mol. The summed E-state index contributed by atoms with van der Waals surface area (Å²) in [5.41, 5.74) is 0. The molecule has 0 aromatic heterocycles. The maximum atomic E-state index is 9.89. The first-order chi connectivity index (χ1) is 5.89. The zero-order valence-electron chi connectivity index (χ0n) is 6.61. The molecule has 0 aliphatic heterocycles. The Labute approximate surface area is 206 Å². The molecule has 0 aromatic carbocycles. The second-order valence-electron chi connectivity index (χ2n) is 1.57. The summed E-state index contributed by atoms with van der Waals surface area (Å²) >= 11 is 10.7. The molecule has 84 valence electrons. The Kier molecular flexibility index (Phi) is 18.9. The summed E-state index contributed by atoms with van der Waals surface area (Å²) in [6, 6.07) is 0. The molecule has 0 spiro atoms. The summed E-state index contributed by atoms with van der Waals surface area (Å²) in [7, 11) is 0. The van der Waals surface area contributed by atoms with E-state index in [2.05, 4.69) is 0 Å². The van der Waals surface area contributed by atoms with Gasteiger partial charge in [0.25, 0.3) is 0 Å². The van der Waals surface area contributed by atoms with E-state index in [-0.39, 0.29) is 45.5 Å². The SMILES string of the molecule is O=C([O-])C(I)(I)I.O=C([O-])C(I)(I)I.[Sr+2]. The number of hydrogen-bond donors (Lipinski definition) is 0. The van der Waals surface area contributed by atoms with Crippen LogP contribution < -0.4 is 10.2 Å². The maximum absolute atomic E-state index is 9.89. The molecule has 0 aliphatic rings. The number of carbonyl (C=O) groups is 2. The Bertz CT molecular complexity index is 196. The summed E-state index contributed by atoms with van der Waals surface area (Å²) < 4.78 is -1.57. The molecule has 0 fully saturated rings. The molecule has 11 heteroatoms. The van der Waals surface area contributed by atoms with Gasteiger partial charge in [-0.25, -0.2) is 0 Å². The number of hydrogen-bond acceptors (Lipinski definition) is 4. The standard InChI is InChI=1S/2C2HI3O2.Sr/c2*3-2(4,5)1(6)7;/h2*(H,6,7);/q;;+2/p-2. The van der Waals surface area contributed by atoms with Gasteiger partial charge in [-0.05, 0) is 136 Å². The second kappa shape index (κ2) is 11.5. The molecule has 0 saturated carbocycles. The van der Waals surface area contributed by atoms with E-state index in [0.29, 0.717) is 0 Å². The second-order valence-corrected chi connectivity index (χ2v) is 23.7. The summed E-state index contributed by atoms with van der Waals surface area (Å²) in [4.78, 5) is 19.8. The van der Waals surface area contributed by atoms with Crippen LogP contribution in [0.4, 0.5) is 0 Å². The Morgan fingerprint density at radius 2 is 0.800 bits per heavy atom. The molecule has 0 N–H and O–H groups in total. The molecule has 4 nitrogen and oxygen atoms in total. The quantitative estimate of drug-likeness (QED) is 0.236. The van der Waals surface area contributed by atoms with Crippen LogP contribution in [0.15, 0.2) is 0 Å². The molecule has 0 aromatic rings. The van der Waals surface area contributed by atoms with E-state index in [1.807, 2.05) is 0 Å². The fraction of sp³-hybridized carbons (Fsp3) is 0.500. The van der Waals surface area contributed by atoms with Crippen molar-refractivity contribution in [2.24, 2.45) is 0 Å². The largest absolute Gasteiger partial charge is 2.00 e. The van der Waals surface area contributed by atoms with Crippen LogP contribution in [0, 0.1) is 0 Å². The van der Waals surface area contributed by atoms with Gasteiger partial charge in [-0.2, -0.15) is 0 Å². The molecule has 0 rings (SSSR count). The number of aliphatic carboxylic acids is 2. The number of alkyl halides is 6. The number of carboxylic acid groups (broad SMARTS) is 2. The summed E-state index contributed by atoms with van der Waals surface area (Å²) in [5.74, 6) is -2.09. The van der Waals surface area contributed by atoms with Gasteiger partial charge in [0.2, 0.25) is 0 Å². The fourth-order valence-electron chi connectivity index (χ4n) is 0. The predicted octanol–water partition coefficient (Wildman–Crippen LogP) is 1.01. The van der Waals surface area contributed by atoms with Crippen molar-refractivity contribution in [3.63, 3.8) is 0 Å². The Morgan fingerprint density at radius 3 is 0.800 bits per heavy atom. The van der Waals surface area contributed by atoms with Crippen LogP contribution in [0.2, 0.25) is 0 Å². The zero-order valence-corrected chi connectivity index (χ0v) is 23.0. The zero-order chi connectivity index (χ0) is 12.2. The Balaban J connectivity index is -0.000000180. The Morgan fingerprint density at radius 1 is 0.733 bits per heavy atom. The molecule has 15 heavy (non-hydrogen) atoms.